The van der Waals surface area contributed by atoms with Gasteiger partial charge in [-0.05, 0) is 77.0 Å². The van der Waals surface area contributed by atoms with Crippen LogP contribution in [0.4, 0.5) is 0 Å². The van der Waals surface area contributed by atoms with Gasteiger partial charge in [0, 0.05) is 19.3 Å². The molecule has 58 heavy (non-hydrogen) atoms. The van der Waals surface area contributed by atoms with Crippen LogP contribution < -0.4 is 0 Å². The number of hydrogen-bond acceptors (Lipinski definition) is 6. The molecule has 328 valence electrons. The fourth-order valence-electron chi connectivity index (χ4n) is 5.86. The molecule has 0 saturated heterocycles. The Kier molecular flexibility index (Phi) is 37.5. The Hall–Kier alpha value is -3.75. The van der Waals surface area contributed by atoms with Gasteiger partial charge in [-0.1, -0.05) is 150 Å². The molecule has 0 radical (unpaired) electrons. The average molecular weight is 809 g/mol. The molecule has 0 bridgehead atoms. The molecule has 0 saturated carbocycles. The zero-order valence-corrected chi connectivity index (χ0v) is 37.2. The molecule has 0 fully saturated rings. The second-order valence-corrected chi connectivity index (χ2v) is 15.5. The highest BCUT2D eigenvalue weighted by molar-refractivity contribution is 5.72. The van der Waals surface area contributed by atoms with Crippen molar-refractivity contribution in [2.75, 3.05) is 41.0 Å². The SMILES string of the molecule is CC/C=C\C/C=C\C/C=C\C/C=C\CCCCCCCCCCC(=O)OC(COCCC(C(=O)O)[N+](C)(C)C)COC(=O)CC/C=C\C/C=C\C/C=C\C/C=C\CC. The van der Waals surface area contributed by atoms with Crippen molar-refractivity contribution in [1.29, 1.82) is 0 Å². The lowest BCUT2D eigenvalue weighted by Crippen LogP contribution is -2.50. The smallest absolute Gasteiger partial charge is 0.362 e. The molecule has 0 aromatic heterocycles. The molecule has 0 aliphatic carbocycles. The van der Waals surface area contributed by atoms with Crippen molar-refractivity contribution < 1.29 is 38.2 Å². The van der Waals surface area contributed by atoms with E-state index in [-0.39, 0.29) is 42.7 Å². The number of carboxylic acids is 1. The lowest BCUT2D eigenvalue weighted by molar-refractivity contribution is -0.887. The second-order valence-electron chi connectivity index (χ2n) is 15.5. The first-order valence-corrected chi connectivity index (χ1v) is 22.3. The maximum Gasteiger partial charge on any atom is 0.362 e. The molecule has 1 N–H and O–H groups in total. The summed E-state index contributed by atoms with van der Waals surface area (Å²) in [6.45, 7) is 4.40. The Morgan fingerprint density at radius 3 is 1.41 bits per heavy atom. The molecule has 0 heterocycles. The number of quaternary nitrogens is 1. The van der Waals surface area contributed by atoms with Gasteiger partial charge in [-0.2, -0.15) is 0 Å². The number of ether oxygens (including phenoxy) is 3. The molecule has 0 aliphatic heterocycles. The van der Waals surface area contributed by atoms with Gasteiger partial charge >= 0.3 is 17.9 Å². The minimum Gasteiger partial charge on any atom is -0.477 e. The van der Waals surface area contributed by atoms with Gasteiger partial charge in [-0.25, -0.2) is 4.79 Å². The Labute approximate surface area is 354 Å². The van der Waals surface area contributed by atoms with E-state index in [4.69, 9.17) is 14.2 Å². The number of likely N-dealkylation sites (N-methyl/N-ethyl adjacent to an activating group) is 1. The molecule has 0 aromatic carbocycles. The number of unbranched alkanes of at least 4 members (excludes halogenated alkanes) is 8. The molecule has 0 aromatic rings. The molecule has 0 aliphatic rings. The van der Waals surface area contributed by atoms with Gasteiger partial charge < -0.3 is 23.8 Å². The van der Waals surface area contributed by atoms with Crippen LogP contribution in [0.2, 0.25) is 0 Å². The number of aliphatic carboxylic acids is 1. The highest BCUT2D eigenvalue weighted by Gasteiger charge is 2.31. The molecule has 0 rings (SSSR count). The van der Waals surface area contributed by atoms with Gasteiger partial charge in [0.15, 0.2) is 12.1 Å². The fraction of sp³-hybridized carbons (Fsp3) is 0.620. The first kappa shape index (κ1) is 54.2. The number of allylic oxidation sites excluding steroid dienone is 16. The van der Waals surface area contributed by atoms with Crippen molar-refractivity contribution >= 4 is 17.9 Å². The molecule has 0 amide bonds. The van der Waals surface area contributed by atoms with E-state index in [1.807, 2.05) is 33.3 Å². The molecule has 8 nitrogen and oxygen atoms in total. The van der Waals surface area contributed by atoms with Crippen LogP contribution in [0.15, 0.2) is 97.2 Å². The lowest BCUT2D eigenvalue weighted by Gasteiger charge is -2.31. The summed E-state index contributed by atoms with van der Waals surface area (Å²) in [5.41, 5.74) is 0. The summed E-state index contributed by atoms with van der Waals surface area (Å²) in [4.78, 5) is 36.9. The van der Waals surface area contributed by atoms with Gasteiger partial charge in [0.2, 0.25) is 0 Å². The first-order valence-electron chi connectivity index (χ1n) is 22.3. The minimum absolute atomic E-state index is 0.0294. The van der Waals surface area contributed by atoms with Crippen molar-refractivity contribution in [2.24, 2.45) is 0 Å². The molecular weight excluding hydrogens is 727 g/mol. The topological polar surface area (TPSA) is 99.1 Å². The maximum atomic E-state index is 12.7. The van der Waals surface area contributed by atoms with E-state index < -0.39 is 18.1 Å². The van der Waals surface area contributed by atoms with Crippen LogP contribution in [0.1, 0.15) is 149 Å². The van der Waals surface area contributed by atoms with Gasteiger partial charge in [0.25, 0.3) is 0 Å². The third kappa shape index (κ3) is 37.8. The maximum absolute atomic E-state index is 12.7. The summed E-state index contributed by atoms with van der Waals surface area (Å²) in [5, 5.41) is 9.62. The molecular formula is C50H82NO7+. The van der Waals surface area contributed by atoms with Crippen molar-refractivity contribution in [3.05, 3.63) is 97.2 Å². The third-order valence-electron chi connectivity index (χ3n) is 9.24. The summed E-state index contributed by atoms with van der Waals surface area (Å²) >= 11 is 0. The van der Waals surface area contributed by atoms with Gasteiger partial charge in [0.1, 0.15) is 6.61 Å². The van der Waals surface area contributed by atoms with E-state index in [1.54, 1.807) is 0 Å². The van der Waals surface area contributed by atoms with E-state index in [0.29, 0.717) is 19.3 Å². The van der Waals surface area contributed by atoms with Crippen LogP contribution in [-0.4, -0.2) is 80.6 Å². The molecule has 2 unspecified atom stereocenters. The second kappa shape index (κ2) is 40.0. The number of carbonyl (C=O) groups is 3. The van der Waals surface area contributed by atoms with Crippen LogP contribution in [0.25, 0.3) is 0 Å². The standard InChI is InChI=1S/C50H81NO7/c1-6-8-10-12-14-16-18-20-21-22-23-24-25-26-27-29-31-33-35-37-39-41-49(53)58-46(44-56-43-42-47(50(54)55)51(3,4)5)45-57-48(52)40-38-36-34-32-30-28-19-17-15-13-11-9-7-2/h8-11,14-17,20-21,23-24,28,30,34,36,46-47H,6-7,12-13,18-19,22,25-27,29,31-33,35,37-45H2,1-5H3/p+1/b10-8-,11-9-,16-14-,17-15-,21-20-,24-23-,30-28-,36-34-. The lowest BCUT2D eigenvalue weighted by atomic mass is 10.1. The summed E-state index contributed by atoms with van der Waals surface area (Å²) in [5.74, 6) is -1.59. The van der Waals surface area contributed by atoms with Crippen LogP contribution in [0.5, 0.6) is 0 Å². The Balaban J connectivity index is 4.41. The fourth-order valence-corrected chi connectivity index (χ4v) is 5.86. The summed E-state index contributed by atoms with van der Waals surface area (Å²) in [6.07, 6.45) is 53.3. The zero-order chi connectivity index (χ0) is 42.8. The highest BCUT2D eigenvalue weighted by Crippen LogP contribution is 2.13. The molecule has 8 heteroatoms. The van der Waals surface area contributed by atoms with E-state index in [9.17, 15) is 19.5 Å². The Morgan fingerprint density at radius 1 is 0.517 bits per heavy atom. The minimum atomic E-state index is -0.890. The van der Waals surface area contributed by atoms with Crippen molar-refractivity contribution in [1.82, 2.24) is 0 Å². The molecule has 2 atom stereocenters. The van der Waals surface area contributed by atoms with E-state index >= 15 is 0 Å². The largest absolute Gasteiger partial charge is 0.477 e. The van der Waals surface area contributed by atoms with Gasteiger partial charge in [0.05, 0.1) is 34.4 Å². The summed E-state index contributed by atoms with van der Waals surface area (Å²) in [7, 11) is 5.49. The quantitative estimate of drug-likeness (QED) is 0.0287. The van der Waals surface area contributed by atoms with Crippen molar-refractivity contribution in [3.63, 3.8) is 0 Å². The third-order valence-corrected chi connectivity index (χ3v) is 9.24. The number of hydrogen-bond donors (Lipinski definition) is 1. The van der Waals surface area contributed by atoms with Gasteiger partial charge in [-0.15, -0.1) is 0 Å². The van der Waals surface area contributed by atoms with E-state index in [1.165, 1.54) is 25.7 Å². The molecule has 0 spiro atoms. The number of carbonyl (C=O) groups excluding carboxylic acids is 2. The Bertz CT molecular complexity index is 1260. The highest BCUT2D eigenvalue weighted by atomic mass is 16.6. The first-order chi connectivity index (χ1) is 28.1. The summed E-state index contributed by atoms with van der Waals surface area (Å²) < 4.78 is 17.2. The van der Waals surface area contributed by atoms with E-state index in [0.717, 1.165) is 83.5 Å². The zero-order valence-electron chi connectivity index (χ0n) is 37.2. The number of esters is 2. The normalized spacial score (nSPS) is 13.9. The number of nitrogens with zero attached hydrogens (tertiary/aromatic N) is 1. The van der Waals surface area contributed by atoms with Crippen molar-refractivity contribution in [3.8, 4) is 0 Å². The predicted octanol–water partition coefficient (Wildman–Crippen LogP) is 12.3. The van der Waals surface area contributed by atoms with Crippen LogP contribution in [0, 0.1) is 0 Å². The average Bonchev–Trinajstić information content (AvgIpc) is 3.18. The Morgan fingerprint density at radius 2 is 0.948 bits per heavy atom. The summed E-state index contributed by atoms with van der Waals surface area (Å²) in [6, 6.07) is -0.631. The number of rotatable bonds is 38. The monoisotopic (exact) mass is 809 g/mol. The van der Waals surface area contributed by atoms with Crippen LogP contribution in [-0.2, 0) is 28.6 Å². The van der Waals surface area contributed by atoms with Gasteiger partial charge in [-0.3, -0.25) is 9.59 Å². The van der Waals surface area contributed by atoms with Crippen molar-refractivity contribution in [2.45, 2.75) is 161 Å². The van der Waals surface area contributed by atoms with E-state index in [2.05, 4.69) is 98.9 Å². The van der Waals surface area contributed by atoms with Crippen LogP contribution in [0.3, 0.4) is 0 Å². The predicted molar refractivity (Wildman–Crippen MR) is 243 cm³/mol. The van der Waals surface area contributed by atoms with Crippen LogP contribution >= 0.6 is 0 Å². The number of carboxylic acid groups (broad SMARTS) is 1.